The van der Waals surface area contributed by atoms with Gasteiger partial charge in [-0.3, -0.25) is 4.79 Å². The monoisotopic (exact) mass is 285 g/mol. The van der Waals surface area contributed by atoms with Crippen LogP contribution in [0.25, 0.3) is 0 Å². The summed E-state index contributed by atoms with van der Waals surface area (Å²) in [4.78, 5) is 12.2. The minimum Gasteiger partial charge on any atom is -0.493 e. The largest absolute Gasteiger partial charge is 0.493 e. The topological polar surface area (TPSA) is 47.6 Å². The van der Waals surface area contributed by atoms with Crippen LogP contribution in [0.1, 0.15) is 36.0 Å². The van der Waals surface area contributed by atoms with Crippen molar-refractivity contribution in [2.75, 3.05) is 7.11 Å². The highest BCUT2D eigenvalue weighted by Crippen LogP contribution is 2.32. The van der Waals surface area contributed by atoms with Gasteiger partial charge in [0.25, 0.3) is 5.91 Å². The van der Waals surface area contributed by atoms with Crippen LogP contribution in [0.4, 0.5) is 8.78 Å². The normalized spacial score (nSPS) is 15.4. The van der Waals surface area contributed by atoms with Gasteiger partial charge in [0, 0.05) is 6.04 Å². The van der Waals surface area contributed by atoms with Gasteiger partial charge in [-0.05, 0) is 25.0 Å². The molecular weight excluding hydrogens is 268 g/mol. The molecule has 1 aromatic rings. The van der Waals surface area contributed by atoms with Gasteiger partial charge < -0.3 is 14.8 Å². The Hall–Kier alpha value is -1.85. The van der Waals surface area contributed by atoms with Crippen LogP contribution in [0.3, 0.4) is 0 Å². The van der Waals surface area contributed by atoms with Crippen LogP contribution >= 0.6 is 0 Å². The number of nitrogens with one attached hydrogen (secondary N) is 1. The third kappa shape index (κ3) is 3.37. The molecule has 0 aliphatic heterocycles. The lowest BCUT2D eigenvalue weighted by Crippen LogP contribution is -2.33. The number of rotatable bonds is 5. The molecule has 1 amide bonds. The fourth-order valence-electron chi connectivity index (χ4n) is 2.40. The maximum atomic E-state index is 12.5. The molecule has 0 bridgehead atoms. The summed E-state index contributed by atoms with van der Waals surface area (Å²) < 4.78 is 34.4. The van der Waals surface area contributed by atoms with E-state index in [1.54, 1.807) is 6.07 Å². The number of halogens is 2. The smallest absolute Gasteiger partial charge is 0.387 e. The van der Waals surface area contributed by atoms with Crippen molar-refractivity contribution in [3.8, 4) is 11.5 Å². The Morgan fingerprint density at radius 2 is 2.05 bits per heavy atom. The van der Waals surface area contributed by atoms with Crippen LogP contribution in [-0.2, 0) is 0 Å². The Bertz CT molecular complexity index is 473. The van der Waals surface area contributed by atoms with E-state index in [4.69, 9.17) is 4.74 Å². The van der Waals surface area contributed by atoms with Gasteiger partial charge in [0.05, 0.1) is 12.7 Å². The van der Waals surface area contributed by atoms with Gasteiger partial charge in [0.1, 0.15) is 0 Å². The second-order valence-electron chi connectivity index (χ2n) is 4.67. The Balaban J connectivity index is 2.22. The average Bonchev–Trinajstić information content (AvgIpc) is 2.91. The zero-order valence-corrected chi connectivity index (χ0v) is 11.2. The maximum Gasteiger partial charge on any atom is 0.387 e. The predicted molar refractivity (Wildman–Crippen MR) is 69.3 cm³/mol. The number of para-hydroxylation sites is 1. The van der Waals surface area contributed by atoms with Gasteiger partial charge >= 0.3 is 6.61 Å². The number of ether oxygens (including phenoxy) is 2. The van der Waals surface area contributed by atoms with Crippen LogP contribution in [0.5, 0.6) is 11.5 Å². The van der Waals surface area contributed by atoms with Crippen molar-refractivity contribution in [2.24, 2.45) is 0 Å². The van der Waals surface area contributed by atoms with E-state index in [9.17, 15) is 13.6 Å². The average molecular weight is 285 g/mol. The predicted octanol–water partition coefficient (Wildman–Crippen LogP) is 2.97. The molecule has 0 unspecified atom stereocenters. The first kappa shape index (κ1) is 14.6. The van der Waals surface area contributed by atoms with Crippen molar-refractivity contribution >= 4 is 5.91 Å². The maximum absolute atomic E-state index is 12.5. The van der Waals surface area contributed by atoms with Crippen LogP contribution in [0.2, 0.25) is 0 Å². The van der Waals surface area contributed by atoms with Crippen LogP contribution < -0.4 is 14.8 Å². The Morgan fingerprint density at radius 3 is 2.65 bits per heavy atom. The highest BCUT2D eigenvalue weighted by atomic mass is 19.3. The van der Waals surface area contributed by atoms with Gasteiger partial charge in [-0.1, -0.05) is 18.9 Å². The highest BCUT2D eigenvalue weighted by Gasteiger charge is 2.23. The number of benzene rings is 1. The number of hydrogen-bond acceptors (Lipinski definition) is 3. The number of alkyl halides is 2. The van der Waals surface area contributed by atoms with E-state index in [1.807, 2.05) is 0 Å². The fraction of sp³-hybridized carbons (Fsp3) is 0.500. The van der Waals surface area contributed by atoms with Gasteiger partial charge in [-0.2, -0.15) is 8.78 Å². The first-order valence-electron chi connectivity index (χ1n) is 6.54. The number of methoxy groups -OCH3 is 1. The van der Waals surface area contributed by atoms with Gasteiger partial charge in [-0.25, -0.2) is 0 Å². The summed E-state index contributed by atoms with van der Waals surface area (Å²) in [5.41, 5.74) is 0.0663. The Morgan fingerprint density at radius 1 is 1.35 bits per heavy atom. The molecule has 6 heteroatoms. The molecule has 0 heterocycles. The summed E-state index contributed by atoms with van der Waals surface area (Å²) in [5.74, 6) is -0.517. The van der Waals surface area contributed by atoms with E-state index < -0.39 is 12.5 Å². The summed E-state index contributed by atoms with van der Waals surface area (Å²) in [5, 5.41) is 2.84. The molecule has 0 spiro atoms. The van der Waals surface area contributed by atoms with Gasteiger partial charge in [0.15, 0.2) is 11.5 Å². The molecule has 110 valence electrons. The summed E-state index contributed by atoms with van der Waals surface area (Å²) >= 11 is 0. The lowest BCUT2D eigenvalue weighted by atomic mass is 10.1. The minimum atomic E-state index is -3.01. The number of carbonyl (C=O) groups excluding carboxylic acids is 1. The molecule has 0 atom stereocenters. The molecule has 2 rings (SSSR count). The lowest BCUT2D eigenvalue weighted by molar-refractivity contribution is -0.0515. The van der Waals surface area contributed by atoms with E-state index in [-0.39, 0.29) is 23.1 Å². The van der Waals surface area contributed by atoms with E-state index in [2.05, 4.69) is 10.1 Å². The molecule has 1 N–H and O–H groups in total. The van der Waals surface area contributed by atoms with Crippen molar-refractivity contribution in [2.45, 2.75) is 38.3 Å². The van der Waals surface area contributed by atoms with Crippen molar-refractivity contribution < 1.29 is 23.0 Å². The quantitative estimate of drug-likeness (QED) is 0.904. The van der Waals surface area contributed by atoms with E-state index in [0.717, 1.165) is 25.7 Å². The Labute approximate surface area is 116 Å². The summed E-state index contributed by atoms with van der Waals surface area (Å²) in [6.45, 7) is -3.01. The van der Waals surface area contributed by atoms with Crippen molar-refractivity contribution in [3.63, 3.8) is 0 Å². The summed E-state index contributed by atoms with van der Waals surface area (Å²) in [6.07, 6.45) is 3.98. The molecule has 4 nitrogen and oxygen atoms in total. The second-order valence-corrected chi connectivity index (χ2v) is 4.67. The fourth-order valence-corrected chi connectivity index (χ4v) is 2.40. The minimum absolute atomic E-state index is 0.0663. The van der Waals surface area contributed by atoms with E-state index in [0.29, 0.717) is 0 Å². The molecule has 1 fully saturated rings. The molecule has 0 radical (unpaired) electrons. The van der Waals surface area contributed by atoms with E-state index in [1.165, 1.54) is 19.2 Å². The zero-order valence-electron chi connectivity index (χ0n) is 11.2. The first-order chi connectivity index (χ1) is 9.61. The number of hydrogen-bond donors (Lipinski definition) is 1. The van der Waals surface area contributed by atoms with Gasteiger partial charge in [0.2, 0.25) is 0 Å². The zero-order chi connectivity index (χ0) is 14.5. The van der Waals surface area contributed by atoms with Gasteiger partial charge in [-0.15, -0.1) is 0 Å². The van der Waals surface area contributed by atoms with Crippen molar-refractivity contribution in [1.29, 1.82) is 0 Å². The second kappa shape index (κ2) is 6.54. The molecular formula is C14H17F2NO3. The third-order valence-electron chi connectivity index (χ3n) is 3.34. The first-order valence-corrected chi connectivity index (χ1v) is 6.54. The lowest BCUT2D eigenvalue weighted by Gasteiger charge is -2.16. The highest BCUT2D eigenvalue weighted by molar-refractivity contribution is 5.98. The van der Waals surface area contributed by atoms with Crippen LogP contribution in [0, 0.1) is 0 Å². The van der Waals surface area contributed by atoms with Crippen molar-refractivity contribution in [1.82, 2.24) is 5.32 Å². The Kier molecular flexibility index (Phi) is 4.76. The molecule has 20 heavy (non-hydrogen) atoms. The van der Waals surface area contributed by atoms with Crippen LogP contribution in [-0.4, -0.2) is 25.7 Å². The molecule has 1 saturated carbocycles. The molecule has 1 aliphatic rings. The standard InChI is InChI=1S/C14H17F2NO3/c1-19-11-8-4-7-10(12(11)20-14(15)16)13(18)17-9-5-2-3-6-9/h4,7-9,14H,2-3,5-6H2,1H3,(H,17,18). The summed E-state index contributed by atoms with van der Waals surface area (Å²) in [7, 11) is 1.34. The van der Waals surface area contributed by atoms with E-state index >= 15 is 0 Å². The molecule has 1 aliphatic carbocycles. The van der Waals surface area contributed by atoms with Crippen LogP contribution in [0.15, 0.2) is 18.2 Å². The van der Waals surface area contributed by atoms with Crippen molar-refractivity contribution in [3.05, 3.63) is 23.8 Å². The SMILES string of the molecule is COc1cccc(C(=O)NC2CCCC2)c1OC(F)F. The molecule has 0 aromatic heterocycles. The number of carbonyl (C=O) groups is 1. The molecule has 0 saturated heterocycles. The number of amides is 1. The summed E-state index contributed by atoms with van der Waals surface area (Å²) in [6, 6.07) is 4.60. The molecule has 1 aromatic carbocycles. The third-order valence-corrected chi connectivity index (χ3v) is 3.34.